The highest BCUT2D eigenvalue weighted by Crippen LogP contribution is 2.36. The van der Waals surface area contributed by atoms with E-state index in [9.17, 15) is 0 Å². The lowest BCUT2D eigenvalue weighted by molar-refractivity contribution is 0.355. The number of nitrogens with one attached hydrogen (secondary N) is 1. The Morgan fingerprint density at radius 3 is 2.45 bits per heavy atom. The van der Waals surface area contributed by atoms with Crippen molar-refractivity contribution < 1.29 is 9.47 Å². The predicted molar refractivity (Wildman–Crippen MR) is 79.8 cm³/mol. The smallest absolute Gasteiger partial charge is 0.162 e. The van der Waals surface area contributed by atoms with Gasteiger partial charge in [-0.1, -0.05) is 11.6 Å². The summed E-state index contributed by atoms with van der Waals surface area (Å²) in [4.78, 5) is 0. The van der Waals surface area contributed by atoms with Gasteiger partial charge in [0.1, 0.15) is 0 Å². The molecule has 0 aliphatic carbocycles. The maximum atomic E-state index is 6.23. The third kappa shape index (κ3) is 2.99. The lowest BCUT2D eigenvalue weighted by atomic mass is 10.2. The van der Waals surface area contributed by atoms with Gasteiger partial charge in [0, 0.05) is 37.5 Å². The van der Waals surface area contributed by atoms with E-state index in [0.717, 1.165) is 16.9 Å². The minimum Gasteiger partial charge on any atom is -0.493 e. The summed E-state index contributed by atoms with van der Waals surface area (Å²) in [5.74, 6) is 1.25. The van der Waals surface area contributed by atoms with E-state index in [0.29, 0.717) is 23.1 Å². The monoisotopic (exact) mass is 295 g/mol. The molecule has 0 aliphatic heterocycles. The lowest BCUT2D eigenvalue weighted by Crippen LogP contribution is -2.01. The van der Waals surface area contributed by atoms with Gasteiger partial charge < -0.3 is 14.8 Å². The van der Waals surface area contributed by atoms with E-state index in [1.165, 1.54) is 0 Å². The molecule has 0 fully saturated rings. The molecule has 0 bridgehead atoms. The predicted octanol–water partition coefficient (Wildman–Crippen LogP) is 3.01. The summed E-state index contributed by atoms with van der Waals surface area (Å²) < 4.78 is 12.3. The molecule has 0 saturated carbocycles. The molecule has 0 radical (unpaired) electrons. The molecule has 0 spiro atoms. The molecule has 1 heterocycles. The molecule has 0 unspecified atom stereocenters. The number of benzene rings is 1. The van der Waals surface area contributed by atoms with Crippen LogP contribution in [0.1, 0.15) is 11.3 Å². The first kappa shape index (κ1) is 14.5. The van der Waals surface area contributed by atoms with E-state index in [1.807, 2.05) is 26.2 Å². The van der Waals surface area contributed by atoms with Gasteiger partial charge in [0.2, 0.25) is 0 Å². The van der Waals surface area contributed by atoms with Crippen molar-refractivity contribution in [1.82, 2.24) is 9.78 Å². The van der Waals surface area contributed by atoms with Crippen LogP contribution >= 0.6 is 11.6 Å². The maximum Gasteiger partial charge on any atom is 0.162 e. The van der Waals surface area contributed by atoms with Crippen LogP contribution in [0, 0.1) is 6.92 Å². The molecule has 1 aromatic heterocycles. The van der Waals surface area contributed by atoms with Crippen LogP contribution in [-0.2, 0) is 13.6 Å². The Kier molecular flexibility index (Phi) is 4.39. The van der Waals surface area contributed by atoms with Gasteiger partial charge in [0.15, 0.2) is 11.5 Å². The summed E-state index contributed by atoms with van der Waals surface area (Å²) in [5, 5.41) is 8.18. The first-order valence-corrected chi connectivity index (χ1v) is 6.57. The fraction of sp³-hybridized carbons (Fsp3) is 0.357. The highest BCUT2D eigenvalue weighted by Gasteiger charge is 2.10. The topological polar surface area (TPSA) is 48.3 Å². The molecular weight excluding hydrogens is 278 g/mol. The van der Waals surface area contributed by atoms with Crippen LogP contribution in [0.5, 0.6) is 11.5 Å². The summed E-state index contributed by atoms with van der Waals surface area (Å²) in [6.07, 6.45) is 1.98. The van der Waals surface area contributed by atoms with E-state index >= 15 is 0 Å². The summed E-state index contributed by atoms with van der Waals surface area (Å²) in [5.41, 5.74) is 2.92. The molecule has 0 atom stereocenters. The number of hydrogen-bond donors (Lipinski definition) is 1. The number of methoxy groups -OCH3 is 2. The summed E-state index contributed by atoms with van der Waals surface area (Å²) >= 11 is 6.23. The highest BCUT2D eigenvalue weighted by molar-refractivity contribution is 6.33. The van der Waals surface area contributed by atoms with Gasteiger partial charge >= 0.3 is 0 Å². The van der Waals surface area contributed by atoms with Crippen LogP contribution < -0.4 is 14.8 Å². The van der Waals surface area contributed by atoms with E-state index in [-0.39, 0.29) is 0 Å². The van der Waals surface area contributed by atoms with Gasteiger partial charge in [-0.2, -0.15) is 5.10 Å². The van der Waals surface area contributed by atoms with Crippen LogP contribution in [0.3, 0.4) is 0 Å². The Morgan fingerprint density at radius 1 is 1.25 bits per heavy atom. The Balaban J connectivity index is 2.19. The second kappa shape index (κ2) is 6.05. The molecule has 5 nitrogen and oxygen atoms in total. The van der Waals surface area contributed by atoms with Gasteiger partial charge in [-0.3, -0.25) is 4.68 Å². The quantitative estimate of drug-likeness (QED) is 0.921. The lowest BCUT2D eigenvalue weighted by Gasteiger charge is -2.13. The van der Waals surface area contributed by atoms with Crippen molar-refractivity contribution in [3.8, 4) is 11.5 Å². The number of rotatable bonds is 5. The minimum absolute atomic E-state index is 0.587. The normalized spacial score (nSPS) is 10.4. The van der Waals surface area contributed by atoms with Gasteiger partial charge in [-0.05, 0) is 6.92 Å². The average molecular weight is 296 g/mol. The van der Waals surface area contributed by atoms with Crippen molar-refractivity contribution in [2.24, 2.45) is 7.05 Å². The number of aryl methyl sites for hydroxylation is 2. The average Bonchev–Trinajstić information content (AvgIpc) is 2.75. The van der Waals surface area contributed by atoms with E-state index < -0.39 is 0 Å². The summed E-state index contributed by atoms with van der Waals surface area (Å²) in [6.45, 7) is 2.63. The molecule has 2 aromatic rings. The molecule has 1 N–H and O–H groups in total. The molecule has 0 amide bonds. The Bertz CT molecular complexity index is 611. The standard InChI is InChI=1S/C14H18ClN3O2/c1-9-10(8-18(2)17-9)7-16-12-6-14(20-4)13(19-3)5-11(12)15/h5-6,8,16H,7H2,1-4H3. The number of nitrogens with zero attached hydrogens (tertiary/aromatic N) is 2. The molecule has 0 saturated heterocycles. The molecule has 20 heavy (non-hydrogen) atoms. The van der Waals surface area contributed by atoms with Gasteiger partial charge in [0.25, 0.3) is 0 Å². The van der Waals surface area contributed by atoms with E-state index in [1.54, 1.807) is 25.0 Å². The van der Waals surface area contributed by atoms with E-state index in [4.69, 9.17) is 21.1 Å². The zero-order valence-corrected chi connectivity index (χ0v) is 12.8. The zero-order chi connectivity index (χ0) is 14.7. The van der Waals surface area contributed by atoms with Crippen LogP contribution in [0.4, 0.5) is 5.69 Å². The van der Waals surface area contributed by atoms with Crippen molar-refractivity contribution in [2.75, 3.05) is 19.5 Å². The molecule has 0 aliphatic rings. The summed E-state index contributed by atoms with van der Waals surface area (Å²) in [7, 11) is 5.08. The van der Waals surface area contributed by atoms with Crippen LogP contribution in [0.2, 0.25) is 5.02 Å². The molecule has 6 heteroatoms. The van der Waals surface area contributed by atoms with Crippen LogP contribution in [0.15, 0.2) is 18.3 Å². The fourth-order valence-corrected chi connectivity index (χ4v) is 2.22. The molecule has 1 aromatic carbocycles. The number of halogens is 1. The third-order valence-electron chi connectivity index (χ3n) is 3.06. The van der Waals surface area contributed by atoms with Crippen LogP contribution in [-0.4, -0.2) is 24.0 Å². The molecular formula is C14H18ClN3O2. The van der Waals surface area contributed by atoms with E-state index in [2.05, 4.69) is 10.4 Å². The van der Waals surface area contributed by atoms with Crippen molar-refractivity contribution in [2.45, 2.75) is 13.5 Å². The maximum absolute atomic E-state index is 6.23. The highest BCUT2D eigenvalue weighted by atomic mass is 35.5. The Hall–Kier alpha value is -1.88. The van der Waals surface area contributed by atoms with Crippen molar-refractivity contribution >= 4 is 17.3 Å². The minimum atomic E-state index is 0.587. The first-order valence-electron chi connectivity index (χ1n) is 6.19. The third-order valence-corrected chi connectivity index (χ3v) is 3.37. The first-order chi connectivity index (χ1) is 9.55. The van der Waals surface area contributed by atoms with Gasteiger partial charge in [-0.25, -0.2) is 0 Å². The van der Waals surface area contributed by atoms with Gasteiger partial charge in [-0.15, -0.1) is 0 Å². The summed E-state index contributed by atoms with van der Waals surface area (Å²) in [6, 6.07) is 3.56. The van der Waals surface area contributed by atoms with Crippen LogP contribution in [0.25, 0.3) is 0 Å². The second-order valence-corrected chi connectivity index (χ2v) is 4.86. The molecule has 108 valence electrons. The number of aromatic nitrogens is 2. The number of hydrogen-bond acceptors (Lipinski definition) is 4. The Morgan fingerprint density at radius 2 is 1.90 bits per heavy atom. The van der Waals surface area contributed by atoms with Crippen molar-refractivity contribution in [1.29, 1.82) is 0 Å². The number of anilines is 1. The second-order valence-electron chi connectivity index (χ2n) is 4.45. The van der Waals surface area contributed by atoms with Gasteiger partial charge in [0.05, 0.1) is 30.6 Å². The van der Waals surface area contributed by atoms with Crippen molar-refractivity contribution in [3.63, 3.8) is 0 Å². The van der Waals surface area contributed by atoms with Crippen molar-refractivity contribution in [3.05, 3.63) is 34.6 Å². The fourth-order valence-electron chi connectivity index (χ4n) is 2.00. The largest absolute Gasteiger partial charge is 0.493 e. The Labute approximate surface area is 123 Å². The molecule has 2 rings (SSSR count). The zero-order valence-electron chi connectivity index (χ0n) is 12.0. The SMILES string of the molecule is COc1cc(Cl)c(NCc2cn(C)nc2C)cc1OC. The number of ether oxygens (including phenoxy) is 2.